The van der Waals surface area contributed by atoms with Crippen molar-refractivity contribution in [3.63, 3.8) is 0 Å². The lowest BCUT2D eigenvalue weighted by Crippen LogP contribution is -2.38. The zero-order valence-electron chi connectivity index (χ0n) is 12.2. The number of carbonyl (C=O) groups is 1. The predicted molar refractivity (Wildman–Crippen MR) is 76.5 cm³/mol. The number of hydrogen-bond donors (Lipinski definition) is 2. The SMILES string of the molecule is O=C(N[C@@H]1CCC[C@@H]1CO)c1ccc(CCC(F)(F)F)cc1. The van der Waals surface area contributed by atoms with Crippen LogP contribution in [0.2, 0.25) is 0 Å². The van der Waals surface area contributed by atoms with Gasteiger partial charge in [0.2, 0.25) is 0 Å². The lowest BCUT2D eigenvalue weighted by molar-refractivity contribution is -0.134. The van der Waals surface area contributed by atoms with Gasteiger partial charge in [0.25, 0.3) is 5.91 Å². The van der Waals surface area contributed by atoms with E-state index in [1.807, 2.05) is 0 Å². The van der Waals surface area contributed by atoms with E-state index in [2.05, 4.69) is 5.32 Å². The van der Waals surface area contributed by atoms with Crippen LogP contribution in [-0.2, 0) is 6.42 Å². The van der Waals surface area contributed by atoms with Crippen molar-refractivity contribution in [3.8, 4) is 0 Å². The molecule has 22 heavy (non-hydrogen) atoms. The molecule has 0 heterocycles. The van der Waals surface area contributed by atoms with Crippen LogP contribution in [0.1, 0.15) is 41.6 Å². The summed E-state index contributed by atoms with van der Waals surface area (Å²) < 4.78 is 36.5. The highest BCUT2D eigenvalue weighted by Gasteiger charge is 2.28. The van der Waals surface area contributed by atoms with E-state index in [1.165, 1.54) is 0 Å². The molecule has 1 aliphatic carbocycles. The molecule has 2 N–H and O–H groups in total. The van der Waals surface area contributed by atoms with E-state index in [0.29, 0.717) is 11.1 Å². The van der Waals surface area contributed by atoms with Crippen LogP contribution in [0.25, 0.3) is 0 Å². The van der Waals surface area contributed by atoms with Crippen molar-refractivity contribution < 1.29 is 23.1 Å². The van der Waals surface area contributed by atoms with Gasteiger partial charge in [0, 0.05) is 30.6 Å². The molecule has 122 valence electrons. The minimum Gasteiger partial charge on any atom is -0.396 e. The number of aliphatic hydroxyl groups is 1. The van der Waals surface area contributed by atoms with Crippen LogP contribution in [0.5, 0.6) is 0 Å². The molecular formula is C16H20F3NO2. The van der Waals surface area contributed by atoms with Gasteiger partial charge in [0.15, 0.2) is 0 Å². The zero-order valence-corrected chi connectivity index (χ0v) is 12.2. The Labute approximate surface area is 127 Å². The molecule has 1 amide bonds. The molecule has 3 nitrogen and oxygen atoms in total. The number of alkyl halides is 3. The van der Waals surface area contributed by atoms with Gasteiger partial charge in [-0.15, -0.1) is 0 Å². The highest BCUT2D eigenvalue weighted by Crippen LogP contribution is 2.25. The summed E-state index contributed by atoms with van der Waals surface area (Å²) in [5, 5.41) is 12.1. The molecule has 0 saturated heterocycles. The van der Waals surface area contributed by atoms with E-state index in [0.717, 1.165) is 19.3 Å². The summed E-state index contributed by atoms with van der Waals surface area (Å²) in [6.07, 6.45) is -2.39. The number of aryl methyl sites for hydroxylation is 1. The van der Waals surface area contributed by atoms with Crippen molar-refractivity contribution in [2.24, 2.45) is 5.92 Å². The van der Waals surface area contributed by atoms with Gasteiger partial charge in [-0.3, -0.25) is 4.79 Å². The summed E-state index contributed by atoms with van der Waals surface area (Å²) >= 11 is 0. The molecule has 1 aliphatic rings. The van der Waals surface area contributed by atoms with Crippen LogP contribution < -0.4 is 5.32 Å². The molecule has 0 spiro atoms. The fourth-order valence-corrected chi connectivity index (χ4v) is 2.81. The minimum atomic E-state index is -4.17. The van der Waals surface area contributed by atoms with Gasteiger partial charge in [-0.1, -0.05) is 18.6 Å². The van der Waals surface area contributed by atoms with Gasteiger partial charge in [-0.25, -0.2) is 0 Å². The first-order chi connectivity index (χ1) is 10.4. The normalized spacial score (nSPS) is 21.8. The number of aliphatic hydroxyl groups excluding tert-OH is 1. The lowest BCUT2D eigenvalue weighted by atomic mass is 10.0. The summed E-state index contributed by atoms with van der Waals surface area (Å²) in [7, 11) is 0. The Hall–Kier alpha value is -1.56. The van der Waals surface area contributed by atoms with Gasteiger partial charge in [0.1, 0.15) is 0 Å². The van der Waals surface area contributed by atoms with Crippen molar-refractivity contribution in [2.45, 2.75) is 44.3 Å². The highest BCUT2D eigenvalue weighted by molar-refractivity contribution is 5.94. The van der Waals surface area contributed by atoms with Crippen molar-refractivity contribution in [2.75, 3.05) is 6.61 Å². The second-order valence-corrected chi connectivity index (χ2v) is 5.77. The molecule has 1 fully saturated rings. The van der Waals surface area contributed by atoms with Gasteiger partial charge in [-0.05, 0) is 37.0 Å². The standard InChI is InChI=1S/C16H20F3NO2/c17-16(18,19)9-8-11-4-6-12(7-5-11)15(22)20-14-3-1-2-13(14)10-21/h4-7,13-14,21H,1-3,8-10H2,(H,20,22)/t13-,14-/m1/s1. The molecule has 0 radical (unpaired) electrons. The number of benzene rings is 1. The molecule has 0 aliphatic heterocycles. The molecule has 6 heteroatoms. The average Bonchev–Trinajstić information content (AvgIpc) is 2.92. The maximum atomic E-state index is 12.2. The summed E-state index contributed by atoms with van der Waals surface area (Å²) in [5.74, 6) is -0.150. The van der Waals surface area contributed by atoms with E-state index < -0.39 is 12.6 Å². The van der Waals surface area contributed by atoms with Crippen molar-refractivity contribution in [1.29, 1.82) is 0 Å². The van der Waals surface area contributed by atoms with Crippen LogP contribution in [0.3, 0.4) is 0 Å². The first-order valence-corrected chi connectivity index (χ1v) is 7.46. The Morgan fingerprint density at radius 3 is 2.50 bits per heavy atom. The fourth-order valence-electron chi connectivity index (χ4n) is 2.81. The highest BCUT2D eigenvalue weighted by atomic mass is 19.4. The topological polar surface area (TPSA) is 49.3 Å². The van der Waals surface area contributed by atoms with Crippen LogP contribution in [-0.4, -0.2) is 29.8 Å². The summed E-state index contributed by atoms with van der Waals surface area (Å²) in [5.41, 5.74) is 0.988. The van der Waals surface area contributed by atoms with Crippen LogP contribution in [0, 0.1) is 5.92 Å². The molecule has 0 bridgehead atoms. The third-order valence-corrected chi connectivity index (χ3v) is 4.12. The Kier molecular flexibility index (Phi) is 5.45. The first-order valence-electron chi connectivity index (χ1n) is 7.46. The average molecular weight is 315 g/mol. The molecular weight excluding hydrogens is 295 g/mol. The number of carbonyl (C=O) groups excluding carboxylic acids is 1. The number of rotatable bonds is 5. The number of amides is 1. The van der Waals surface area contributed by atoms with Crippen molar-refractivity contribution >= 4 is 5.91 Å². The summed E-state index contributed by atoms with van der Waals surface area (Å²) in [6, 6.07) is 6.17. The Bertz CT molecular complexity index is 499. The van der Waals surface area contributed by atoms with E-state index in [1.54, 1.807) is 24.3 Å². The van der Waals surface area contributed by atoms with Gasteiger partial charge in [-0.2, -0.15) is 13.2 Å². The number of hydrogen-bond acceptors (Lipinski definition) is 2. The maximum absolute atomic E-state index is 12.2. The number of nitrogens with one attached hydrogen (secondary N) is 1. The van der Waals surface area contributed by atoms with Gasteiger partial charge >= 0.3 is 6.18 Å². The zero-order chi connectivity index (χ0) is 16.2. The van der Waals surface area contributed by atoms with E-state index >= 15 is 0 Å². The molecule has 0 aromatic heterocycles. The van der Waals surface area contributed by atoms with Crippen molar-refractivity contribution in [3.05, 3.63) is 35.4 Å². The summed E-state index contributed by atoms with van der Waals surface area (Å²) in [6.45, 7) is 0.0569. The van der Waals surface area contributed by atoms with E-state index in [9.17, 15) is 23.1 Å². The Morgan fingerprint density at radius 1 is 1.23 bits per heavy atom. The molecule has 1 aromatic carbocycles. The second kappa shape index (κ2) is 7.13. The predicted octanol–water partition coefficient (Wildman–Crippen LogP) is 3.07. The van der Waals surface area contributed by atoms with E-state index in [4.69, 9.17) is 0 Å². The minimum absolute atomic E-state index is 0.0256. The third-order valence-electron chi connectivity index (χ3n) is 4.12. The maximum Gasteiger partial charge on any atom is 0.389 e. The van der Waals surface area contributed by atoms with Gasteiger partial charge < -0.3 is 10.4 Å². The van der Waals surface area contributed by atoms with Crippen LogP contribution in [0.4, 0.5) is 13.2 Å². The second-order valence-electron chi connectivity index (χ2n) is 5.77. The third kappa shape index (κ3) is 4.73. The molecule has 1 aromatic rings. The first kappa shape index (κ1) is 16.8. The summed E-state index contributed by atoms with van der Waals surface area (Å²) in [4.78, 5) is 12.1. The van der Waals surface area contributed by atoms with Crippen LogP contribution >= 0.6 is 0 Å². The van der Waals surface area contributed by atoms with E-state index in [-0.39, 0.29) is 30.9 Å². The Balaban J connectivity index is 1.91. The van der Waals surface area contributed by atoms with Crippen molar-refractivity contribution in [1.82, 2.24) is 5.32 Å². The quantitative estimate of drug-likeness (QED) is 0.877. The monoisotopic (exact) mass is 315 g/mol. The largest absolute Gasteiger partial charge is 0.396 e. The molecule has 2 atom stereocenters. The Morgan fingerprint density at radius 2 is 1.91 bits per heavy atom. The molecule has 0 unspecified atom stereocenters. The lowest BCUT2D eigenvalue weighted by Gasteiger charge is -2.19. The van der Waals surface area contributed by atoms with Gasteiger partial charge in [0.05, 0.1) is 0 Å². The van der Waals surface area contributed by atoms with Crippen LogP contribution in [0.15, 0.2) is 24.3 Å². The smallest absolute Gasteiger partial charge is 0.389 e. The molecule has 2 rings (SSSR count). The number of halogens is 3. The fraction of sp³-hybridized carbons (Fsp3) is 0.562. The molecule has 1 saturated carbocycles.